The van der Waals surface area contributed by atoms with Crippen LogP contribution in [0.1, 0.15) is 18.4 Å². The number of hydrogen-bond acceptors (Lipinski definition) is 6. The number of hydrogen-bond donors (Lipinski definition) is 0. The van der Waals surface area contributed by atoms with E-state index in [4.69, 9.17) is 0 Å². The molecule has 0 radical (unpaired) electrons. The van der Waals surface area contributed by atoms with Crippen molar-refractivity contribution in [1.29, 1.82) is 0 Å². The lowest BCUT2D eigenvalue weighted by Gasteiger charge is -2.40. The summed E-state index contributed by atoms with van der Waals surface area (Å²) in [5.41, 5.74) is 1.84. The molecule has 0 bridgehead atoms. The third-order valence-corrected chi connectivity index (χ3v) is 7.73. The van der Waals surface area contributed by atoms with Crippen LogP contribution in [0, 0.1) is 18.7 Å². The minimum atomic E-state index is -0.210. The normalized spacial score (nSPS) is 18.6. The molecule has 3 heterocycles. The van der Waals surface area contributed by atoms with Crippen molar-refractivity contribution in [2.45, 2.75) is 29.7 Å². The Labute approximate surface area is 210 Å². The minimum absolute atomic E-state index is 0.0667. The number of amides is 1. The van der Waals surface area contributed by atoms with Crippen LogP contribution in [0.5, 0.6) is 0 Å². The summed E-state index contributed by atoms with van der Waals surface area (Å²) in [6, 6.07) is 15.2. The molecule has 1 amide bonds. The van der Waals surface area contributed by atoms with Crippen molar-refractivity contribution < 1.29 is 9.18 Å². The van der Waals surface area contributed by atoms with Gasteiger partial charge in [0, 0.05) is 56.6 Å². The highest BCUT2D eigenvalue weighted by Crippen LogP contribution is 2.34. The van der Waals surface area contributed by atoms with E-state index in [0.717, 1.165) is 35.1 Å². The van der Waals surface area contributed by atoms with Crippen molar-refractivity contribution >= 4 is 29.2 Å². The summed E-state index contributed by atoms with van der Waals surface area (Å²) in [6.45, 7) is 6.10. The van der Waals surface area contributed by atoms with Gasteiger partial charge in [-0.2, -0.15) is 0 Å². The lowest BCUT2D eigenvalue weighted by atomic mass is 9.96. The molecule has 0 spiro atoms. The predicted molar refractivity (Wildman–Crippen MR) is 137 cm³/mol. The third kappa shape index (κ3) is 5.42. The van der Waals surface area contributed by atoms with Gasteiger partial charge in [-0.25, -0.2) is 14.4 Å². The van der Waals surface area contributed by atoms with Crippen molar-refractivity contribution in [1.82, 2.24) is 14.9 Å². The molecule has 35 heavy (non-hydrogen) atoms. The van der Waals surface area contributed by atoms with Crippen LogP contribution >= 0.6 is 11.8 Å². The van der Waals surface area contributed by atoms with E-state index in [1.165, 1.54) is 11.6 Å². The summed E-state index contributed by atoms with van der Waals surface area (Å²) in [5, 5.41) is 0.864. The number of piperidine rings is 1. The van der Waals surface area contributed by atoms with Crippen molar-refractivity contribution in [3.63, 3.8) is 0 Å². The second-order valence-corrected chi connectivity index (χ2v) is 10.2. The molecule has 2 aromatic carbocycles. The Hall–Kier alpha value is -3.13. The molecule has 3 aromatic rings. The SMILES string of the molecule is Cc1ccc(Sc2nccnc2N2CCC[C@@H](C(=O)N3CCN(c4ccccc4F)CC3)C2)cc1. The average molecular weight is 492 g/mol. The van der Waals surface area contributed by atoms with Crippen molar-refractivity contribution in [3.8, 4) is 0 Å². The maximum absolute atomic E-state index is 14.2. The molecular formula is C27H30FN5OS. The van der Waals surface area contributed by atoms with E-state index in [1.54, 1.807) is 36.3 Å². The largest absolute Gasteiger partial charge is 0.366 e. The topological polar surface area (TPSA) is 52.6 Å². The fourth-order valence-corrected chi connectivity index (χ4v) is 5.71. The van der Waals surface area contributed by atoms with Gasteiger partial charge in [-0.05, 0) is 44.0 Å². The van der Waals surface area contributed by atoms with Gasteiger partial charge in [-0.3, -0.25) is 4.79 Å². The first-order valence-corrected chi connectivity index (χ1v) is 13.0. The van der Waals surface area contributed by atoms with Gasteiger partial charge in [0.25, 0.3) is 0 Å². The van der Waals surface area contributed by atoms with E-state index < -0.39 is 0 Å². The first-order chi connectivity index (χ1) is 17.1. The summed E-state index contributed by atoms with van der Waals surface area (Å²) in [6.07, 6.45) is 5.27. The van der Waals surface area contributed by atoms with Crippen LogP contribution in [0.2, 0.25) is 0 Å². The van der Waals surface area contributed by atoms with Crippen LogP contribution < -0.4 is 9.80 Å². The van der Waals surface area contributed by atoms with Crippen molar-refractivity contribution in [2.75, 3.05) is 49.1 Å². The molecule has 0 saturated carbocycles. The summed E-state index contributed by atoms with van der Waals surface area (Å²) < 4.78 is 14.2. The van der Waals surface area contributed by atoms with Crippen LogP contribution in [0.25, 0.3) is 0 Å². The summed E-state index contributed by atoms with van der Waals surface area (Å²) >= 11 is 1.61. The Morgan fingerprint density at radius 1 is 0.943 bits per heavy atom. The number of carbonyl (C=O) groups excluding carboxylic acids is 1. The van der Waals surface area contributed by atoms with Crippen LogP contribution in [0.4, 0.5) is 15.9 Å². The molecule has 0 N–H and O–H groups in total. The summed E-state index contributed by atoms with van der Waals surface area (Å²) in [4.78, 5) is 30.0. The number of rotatable bonds is 5. The number of halogens is 1. The Kier molecular flexibility index (Phi) is 7.18. The number of piperazine rings is 1. The molecular weight excluding hydrogens is 461 g/mol. The number of aryl methyl sites for hydroxylation is 1. The maximum atomic E-state index is 14.2. The molecule has 8 heteroatoms. The highest BCUT2D eigenvalue weighted by molar-refractivity contribution is 7.99. The smallest absolute Gasteiger partial charge is 0.227 e. The fraction of sp³-hybridized carbons (Fsp3) is 0.370. The fourth-order valence-electron chi connectivity index (χ4n) is 4.83. The highest BCUT2D eigenvalue weighted by atomic mass is 32.2. The van der Waals surface area contributed by atoms with Crippen molar-refractivity contribution in [3.05, 3.63) is 72.3 Å². The van der Waals surface area contributed by atoms with Gasteiger partial charge in [-0.15, -0.1) is 0 Å². The summed E-state index contributed by atoms with van der Waals surface area (Å²) in [5.74, 6) is 0.765. The zero-order valence-corrected chi connectivity index (χ0v) is 20.8. The number of carbonyl (C=O) groups is 1. The minimum Gasteiger partial charge on any atom is -0.366 e. The molecule has 0 aliphatic carbocycles. The monoisotopic (exact) mass is 491 g/mol. The molecule has 0 unspecified atom stereocenters. The molecule has 2 aliphatic rings. The van der Waals surface area contributed by atoms with E-state index in [0.29, 0.717) is 38.4 Å². The molecule has 2 saturated heterocycles. The second kappa shape index (κ2) is 10.6. The van der Waals surface area contributed by atoms with E-state index in [-0.39, 0.29) is 17.6 Å². The molecule has 6 nitrogen and oxygen atoms in total. The van der Waals surface area contributed by atoms with E-state index >= 15 is 0 Å². The van der Waals surface area contributed by atoms with Gasteiger partial charge in [0.2, 0.25) is 5.91 Å². The zero-order chi connectivity index (χ0) is 24.2. The van der Waals surface area contributed by atoms with Gasteiger partial charge in [0.05, 0.1) is 11.6 Å². The van der Waals surface area contributed by atoms with E-state index in [9.17, 15) is 9.18 Å². The molecule has 1 atom stereocenters. The number of benzene rings is 2. The Balaban J connectivity index is 1.23. The van der Waals surface area contributed by atoms with Gasteiger partial charge >= 0.3 is 0 Å². The maximum Gasteiger partial charge on any atom is 0.227 e. The molecule has 2 aliphatic heterocycles. The molecule has 1 aromatic heterocycles. The van der Waals surface area contributed by atoms with Gasteiger partial charge in [0.1, 0.15) is 10.8 Å². The first kappa shape index (κ1) is 23.6. The first-order valence-electron chi connectivity index (χ1n) is 12.2. The third-order valence-electron chi connectivity index (χ3n) is 6.74. The molecule has 182 valence electrons. The number of aromatic nitrogens is 2. The van der Waals surface area contributed by atoms with Gasteiger partial charge < -0.3 is 14.7 Å². The summed E-state index contributed by atoms with van der Waals surface area (Å²) in [7, 11) is 0. The highest BCUT2D eigenvalue weighted by Gasteiger charge is 2.32. The number of para-hydroxylation sites is 1. The van der Waals surface area contributed by atoms with Crippen LogP contribution in [0.3, 0.4) is 0 Å². The molecule has 2 fully saturated rings. The van der Waals surface area contributed by atoms with Crippen LogP contribution in [0.15, 0.2) is 70.8 Å². The van der Waals surface area contributed by atoms with Gasteiger partial charge in [0.15, 0.2) is 5.82 Å². The average Bonchev–Trinajstić information content (AvgIpc) is 2.90. The Morgan fingerprint density at radius 3 is 2.46 bits per heavy atom. The standard InChI is InChI=1S/C27H30FN5OS/c1-20-8-10-22(11-9-20)35-26-25(29-12-13-30-26)33-14-4-5-21(19-33)27(34)32-17-15-31(16-18-32)24-7-3-2-6-23(24)28/h2-3,6-13,21H,4-5,14-19H2,1H3/t21-/m1/s1. The van der Waals surface area contributed by atoms with E-state index in [1.807, 2.05) is 15.9 Å². The van der Waals surface area contributed by atoms with Gasteiger partial charge in [-0.1, -0.05) is 41.6 Å². The Bertz CT molecular complexity index is 1170. The quantitative estimate of drug-likeness (QED) is 0.518. The number of anilines is 2. The van der Waals surface area contributed by atoms with Crippen LogP contribution in [-0.2, 0) is 4.79 Å². The lowest BCUT2D eigenvalue weighted by molar-refractivity contribution is -0.136. The molecule has 5 rings (SSSR count). The van der Waals surface area contributed by atoms with Crippen LogP contribution in [-0.4, -0.2) is 60.0 Å². The lowest BCUT2D eigenvalue weighted by Crippen LogP contribution is -2.53. The predicted octanol–water partition coefficient (Wildman–Crippen LogP) is 4.64. The second-order valence-electron chi connectivity index (χ2n) is 9.15. The van der Waals surface area contributed by atoms with Crippen molar-refractivity contribution in [2.24, 2.45) is 5.92 Å². The zero-order valence-electron chi connectivity index (χ0n) is 19.9. The Morgan fingerprint density at radius 2 is 1.69 bits per heavy atom. The van der Waals surface area contributed by atoms with E-state index in [2.05, 4.69) is 46.1 Å². The number of nitrogens with zero attached hydrogens (tertiary/aromatic N) is 5.